The van der Waals surface area contributed by atoms with Gasteiger partial charge in [-0.3, -0.25) is 9.59 Å². The van der Waals surface area contributed by atoms with Crippen LogP contribution in [0, 0.1) is 18.7 Å². The predicted octanol–water partition coefficient (Wildman–Crippen LogP) is 3.81. The van der Waals surface area contributed by atoms with Crippen molar-refractivity contribution in [3.05, 3.63) is 59.4 Å². The number of aryl methyl sites for hydroxylation is 1. The molecule has 7 nitrogen and oxygen atoms in total. The summed E-state index contributed by atoms with van der Waals surface area (Å²) in [6.45, 7) is 4.98. The lowest BCUT2D eigenvalue weighted by Gasteiger charge is -2.29. The van der Waals surface area contributed by atoms with Gasteiger partial charge in [0.1, 0.15) is 5.82 Å². The zero-order valence-electron chi connectivity index (χ0n) is 19.0. The standard InChI is InChI=1S/C24H30FN3O4S/c1-15-14-22(12-13-23(15)27-17(3)29)33(31,32)28-21-10-6-19(7-11-21)24(30)26-16(2)18-4-8-20(25)9-5-18/h4-5,8-9,12-14,16,19,21,28H,6-7,10-11H2,1-3H3,(H,26,30)(H,27,29)/t16-,19?,21?/m1/s1. The maximum absolute atomic E-state index is 13.1. The van der Waals surface area contributed by atoms with Gasteiger partial charge >= 0.3 is 0 Å². The van der Waals surface area contributed by atoms with Gasteiger partial charge in [-0.2, -0.15) is 0 Å². The molecule has 2 aromatic rings. The molecule has 0 unspecified atom stereocenters. The lowest BCUT2D eigenvalue weighted by atomic mass is 9.85. The highest BCUT2D eigenvalue weighted by atomic mass is 32.2. The minimum Gasteiger partial charge on any atom is -0.349 e. The first-order valence-corrected chi connectivity index (χ1v) is 12.5. The monoisotopic (exact) mass is 475 g/mol. The van der Waals surface area contributed by atoms with E-state index < -0.39 is 10.0 Å². The van der Waals surface area contributed by atoms with E-state index in [1.54, 1.807) is 25.1 Å². The molecule has 3 N–H and O–H groups in total. The van der Waals surface area contributed by atoms with Crippen LogP contribution in [0.3, 0.4) is 0 Å². The first kappa shape index (κ1) is 24.9. The summed E-state index contributed by atoms with van der Waals surface area (Å²) >= 11 is 0. The quantitative estimate of drug-likeness (QED) is 0.566. The Morgan fingerprint density at radius 3 is 2.24 bits per heavy atom. The zero-order valence-corrected chi connectivity index (χ0v) is 19.8. The summed E-state index contributed by atoms with van der Waals surface area (Å²) in [4.78, 5) is 24.0. The van der Waals surface area contributed by atoms with E-state index in [9.17, 15) is 22.4 Å². The molecule has 9 heteroatoms. The molecule has 0 spiro atoms. The molecule has 1 aliphatic carbocycles. The summed E-state index contributed by atoms with van der Waals surface area (Å²) < 4.78 is 41.5. The molecule has 0 aliphatic heterocycles. The Labute approximate surface area is 194 Å². The van der Waals surface area contributed by atoms with Crippen molar-refractivity contribution in [3.8, 4) is 0 Å². The van der Waals surface area contributed by atoms with Crippen LogP contribution in [-0.4, -0.2) is 26.3 Å². The van der Waals surface area contributed by atoms with Crippen LogP contribution in [0.4, 0.5) is 10.1 Å². The summed E-state index contributed by atoms with van der Waals surface area (Å²) in [5.74, 6) is -0.804. The summed E-state index contributed by atoms with van der Waals surface area (Å²) in [7, 11) is -3.72. The number of benzene rings is 2. The molecule has 0 saturated heterocycles. The number of hydrogen-bond donors (Lipinski definition) is 3. The van der Waals surface area contributed by atoms with Gasteiger partial charge in [-0.1, -0.05) is 12.1 Å². The van der Waals surface area contributed by atoms with Gasteiger partial charge in [0.05, 0.1) is 10.9 Å². The molecule has 0 aromatic heterocycles. The van der Waals surface area contributed by atoms with Crippen LogP contribution in [0.5, 0.6) is 0 Å². The fourth-order valence-corrected chi connectivity index (χ4v) is 5.45. The van der Waals surface area contributed by atoms with Gasteiger partial charge in [0.2, 0.25) is 21.8 Å². The van der Waals surface area contributed by atoms with Crippen molar-refractivity contribution in [2.45, 2.75) is 63.4 Å². The maximum atomic E-state index is 13.1. The number of carbonyl (C=O) groups is 2. The number of anilines is 1. The number of rotatable bonds is 7. The molecular formula is C24H30FN3O4S. The second-order valence-corrected chi connectivity index (χ2v) is 10.3. The van der Waals surface area contributed by atoms with E-state index in [0.29, 0.717) is 36.9 Å². The molecule has 0 bridgehead atoms. The van der Waals surface area contributed by atoms with Crippen molar-refractivity contribution in [3.63, 3.8) is 0 Å². The predicted molar refractivity (Wildman–Crippen MR) is 125 cm³/mol. The van der Waals surface area contributed by atoms with Crippen LogP contribution in [0.2, 0.25) is 0 Å². The largest absolute Gasteiger partial charge is 0.349 e. The third-order valence-corrected chi connectivity index (χ3v) is 7.49. The first-order chi connectivity index (χ1) is 15.5. The third kappa shape index (κ3) is 6.61. The third-order valence-electron chi connectivity index (χ3n) is 5.97. The molecule has 2 aromatic carbocycles. The second-order valence-electron chi connectivity index (χ2n) is 8.61. The molecular weight excluding hydrogens is 445 g/mol. The molecule has 0 radical (unpaired) electrons. The van der Waals surface area contributed by atoms with Crippen molar-refractivity contribution < 1.29 is 22.4 Å². The number of amides is 2. The molecule has 3 rings (SSSR count). The fraction of sp³-hybridized carbons (Fsp3) is 0.417. The summed E-state index contributed by atoms with van der Waals surface area (Å²) in [5, 5.41) is 5.64. The Morgan fingerprint density at radius 1 is 1.03 bits per heavy atom. The van der Waals surface area contributed by atoms with Crippen molar-refractivity contribution in [1.29, 1.82) is 0 Å². The maximum Gasteiger partial charge on any atom is 0.240 e. The Morgan fingerprint density at radius 2 is 1.67 bits per heavy atom. The van der Waals surface area contributed by atoms with Gasteiger partial charge in [0.15, 0.2) is 0 Å². The minimum atomic E-state index is -3.72. The van der Waals surface area contributed by atoms with E-state index in [0.717, 1.165) is 5.56 Å². The van der Waals surface area contributed by atoms with Crippen molar-refractivity contribution in [2.75, 3.05) is 5.32 Å². The highest BCUT2D eigenvalue weighted by molar-refractivity contribution is 7.89. The lowest BCUT2D eigenvalue weighted by Crippen LogP contribution is -2.41. The molecule has 33 heavy (non-hydrogen) atoms. The van der Waals surface area contributed by atoms with E-state index in [1.165, 1.54) is 31.2 Å². The highest BCUT2D eigenvalue weighted by Crippen LogP contribution is 2.27. The fourth-order valence-electron chi connectivity index (χ4n) is 4.06. The van der Waals surface area contributed by atoms with Crippen LogP contribution in [0.15, 0.2) is 47.4 Å². The molecule has 0 heterocycles. The Bertz CT molecular complexity index is 1110. The number of carbonyl (C=O) groups excluding carboxylic acids is 2. The van der Waals surface area contributed by atoms with Crippen LogP contribution in [0.25, 0.3) is 0 Å². The van der Waals surface area contributed by atoms with Gasteiger partial charge in [0.25, 0.3) is 0 Å². The van der Waals surface area contributed by atoms with E-state index in [1.807, 2.05) is 6.92 Å². The SMILES string of the molecule is CC(=O)Nc1ccc(S(=O)(=O)NC2CCC(C(=O)N[C@H](C)c3ccc(F)cc3)CC2)cc1C. The van der Waals surface area contributed by atoms with E-state index in [4.69, 9.17) is 0 Å². The topological polar surface area (TPSA) is 104 Å². The average molecular weight is 476 g/mol. The van der Waals surface area contributed by atoms with E-state index in [-0.39, 0.29) is 40.5 Å². The van der Waals surface area contributed by atoms with Crippen molar-refractivity contribution >= 4 is 27.5 Å². The zero-order chi connectivity index (χ0) is 24.2. The van der Waals surface area contributed by atoms with Gasteiger partial charge in [-0.15, -0.1) is 0 Å². The first-order valence-electron chi connectivity index (χ1n) is 11.0. The molecule has 1 saturated carbocycles. The molecule has 1 fully saturated rings. The van der Waals surface area contributed by atoms with Crippen LogP contribution < -0.4 is 15.4 Å². The highest BCUT2D eigenvalue weighted by Gasteiger charge is 2.30. The Kier molecular flexibility index (Phi) is 7.86. The minimum absolute atomic E-state index is 0.0719. The molecule has 2 amide bonds. The second kappa shape index (κ2) is 10.4. The summed E-state index contributed by atoms with van der Waals surface area (Å²) in [6, 6.07) is 10.1. The Hall–Kier alpha value is -2.78. The van der Waals surface area contributed by atoms with E-state index >= 15 is 0 Å². The van der Waals surface area contributed by atoms with Crippen molar-refractivity contribution in [1.82, 2.24) is 10.0 Å². The molecule has 1 atom stereocenters. The van der Waals surface area contributed by atoms with Crippen LogP contribution >= 0.6 is 0 Å². The lowest BCUT2D eigenvalue weighted by molar-refractivity contribution is -0.126. The van der Waals surface area contributed by atoms with Crippen molar-refractivity contribution in [2.24, 2.45) is 5.92 Å². The molecule has 1 aliphatic rings. The van der Waals surface area contributed by atoms with Gasteiger partial charge in [-0.05, 0) is 81.0 Å². The smallest absolute Gasteiger partial charge is 0.240 e. The van der Waals surface area contributed by atoms with E-state index in [2.05, 4.69) is 15.4 Å². The van der Waals surface area contributed by atoms with Gasteiger partial charge < -0.3 is 10.6 Å². The number of halogens is 1. The summed E-state index contributed by atoms with van der Waals surface area (Å²) in [5.41, 5.74) is 2.05. The molecule has 178 valence electrons. The number of sulfonamides is 1. The average Bonchev–Trinajstić information content (AvgIpc) is 2.75. The Balaban J connectivity index is 1.54. The van der Waals surface area contributed by atoms with Crippen LogP contribution in [0.1, 0.15) is 56.7 Å². The number of hydrogen-bond acceptors (Lipinski definition) is 4. The van der Waals surface area contributed by atoms with Gasteiger partial charge in [-0.25, -0.2) is 17.5 Å². The van der Waals surface area contributed by atoms with Crippen LogP contribution in [-0.2, 0) is 19.6 Å². The number of nitrogens with one attached hydrogen (secondary N) is 3. The normalized spacial score (nSPS) is 19.5. The van der Waals surface area contributed by atoms with Gasteiger partial charge in [0, 0.05) is 24.6 Å². The summed E-state index contributed by atoms with van der Waals surface area (Å²) in [6.07, 6.45) is 2.28.